The number of thioether (sulfide) groups is 1. The number of hydrogen-bond acceptors (Lipinski definition) is 5. The number of hydrogen-bond donors (Lipinski definition) is 2. The largest absolute Gasteiger partial charge is 0.497 e. The fourth-order valence-electron chi connectivity index (χ4n) is 3.01. The minimum absolute atomic E-state index is 0.117. The van der Waals surface area contributed by atoms with Crippen molar-refractivity contribution in [2.24, 2.45) is 0 Å². The van der Waals surface area contributed by atoms with Crippen LogP contribution in [0.1, 0.15) is 31.1 Å². The number of methoxy groups -OCH3 is 1. The van der Waals surface area contributed by atoms with Gasteiger partial charge in [-0.2, -0.15) is 0 Å². The Balaban J connectivity index is 1.71. The van der Waals surface area contributed by atoms with Crippen molar-refractivity contribution in [2.75, 3.05) is 12.9 Å². The number of amides is 1. The first-order valence-corrected chi connectivity index (χ1v) is 10.1. The molecule has 1 amide bonds. The second-order valence-corrected chi connectivity index (χ2v) is 7.45. The summed E-state index contributed by atoms with van der Waals surface area (Å²) in [5, 5.41) is 3.52. The molecule has 0 fully saturated rings. The molecular weight excluding hydrogens is 376 g/mol. The van der Waals surface area contributed by atoms with Crippen molar-refractivity contribution in [3.05, 3.63) is 51.9 Å². The Morgan fingerprint density at radius 3 is 2.89 bits per heavy atom. The first kappa shape index (κ1) is 20.0. The second kappa shape index (κ2) is 8.52. The third-order valence-electron chi connectivity index (χ3n) is 4.46. The lowest BCUT2D eigenvalue weighted by molar-refractivity contribution is -0.119. The van der Waals surface area contributed by atoms with Crippen molar-refractivity contribution in [3.63, 3.8) is 0 Å². The van der Waals surface area contributed by atoms with Crippen molar-refractivity contribution >= 4 is 28.7 Å². The minimum Gasteiger partial charge on any atom is -0.497 e. The van der Waals surface area contributed by atoms with Crippen LogP contribution in [0.2, 0.25) is 0 Å². The molecule has 0 aliphatic rings. The number of nitrogens with one attached hydrogen (secondary N) is 2. The standard InChI is InChI=1S/C20H24N4O3S/c1-5-24-19(26)18-16(9-12(2)21-18)23-20(24)28-11-17(25)22-13(3)14-7-6-8-15(10-14)27-4/h6-10,13,21H,5,11H2,1-4H3,(H,22,25)/t13-/m0/s1. The van der Waals surface area contributed by atoms with Crippen LogP contribution in [0.25, 0.3) is 11.0 Å². The Morgan fingerprint density at radius 2 is 2.18 bits per heavy atom. The number of fused-ring (bicyclic) bond motifs is 1. The lowest BCUT2D eigenvalue weighted by Crippen LogP contribution is -2.29. The van der Waals surface area contributed by atoms with Gasteiger partial charge in [0.05, 0.1) is 24.4 Å². The summed E-state index contributed by atoms with van der Waals surface area (Å²) < 4.78 is 6.81. The average molecular weight is 401 g/mol. The van der Waals surface area contributed by atoms with E-state index in [4.69, 9.17) is 4.74 Å². The van der Waals surface area contributed by atoms with Gasteiger partial charge in [0.15, 0.2) is 5.16 Å². The number of aryl methyl sites for hydroxylation is 1. The van der Waals surface area contributed by atoms with Gasteiger partial charge in [0.25, 0.3) is 5.56 Å². The Labute approximate surface area is 167 Å². The van der Waals surface area contributed by atoms with Crippen molar-refractivity contribution in [2.45, 2.75) is 38.5 Å². The topological polar surface area (TPSA) is 89.0 Å². The van der Waals surface area contributed by atoms with Gasteiger partial charge in [0.1, 0.15) is 11.3 Å². The zero-order chi connectivity index (χ0) is 20.3. The molecule has 28 heavy (non-hydrogen) atoms. The molecule has 1 atom stereocenters. The summed E-state index contributed by atoms with van der Waals surface area (Å²) in [5.74, 6) is 0.803. The summed E-state index contributed by atoms with van der Waals surface area (Å²) in [6, 6.07) is 9.28. The zero-order valence-corrected chi connectivity index (χ0v) is 17.2. The van der Waals surface area contributed by atoms with Crippen molar-refractivity contribution in [3.8, 4) is 5.75 Å². The molecule has 0 radical (unpaired) electrons. The number of carbonyl (C=O) groups excluding carboxylic acids is 1. The van der Waals surface area contributed by atoms with Crippen LogP contribution >= 0.6 is 11.8 Å². The van der Waals surface area contributed by atoms with Gasteiger partial charge in [-0.25, -0.2) is 4.98 Å². The molecule has 8 heteroatoms. The Bertz CT molecular complexity index is 1060. The van der Waals surface area contributed by atoms with Crippen LogP contribution in [0.3, 0.4) is 0 Å². The molecule has 2 N–H and O–H groups in total. The fourth-order valence-corrected chi connectivity index (χ4v) is 3.88. The number of aromatic nitrogens is 3. The molecule has 2 heterocycles. The minimum atomic E-state index is -0.153. The molecule has 7 nitrogen and oxygen atoms in total. The van der Waals surface area contributed by atoms with Crippen molar-refractivity contribution in [1.29, 1.82) is 0 Å². The predicted octanol–water partition coefficient (Wildman–Crippen LogP) is 3.03. The van der Waals surface area contributed by atoms with Crippen LogP contribution in [0, 0.1) is 6.92 Å². The molecule has 3 aromatic rings. The molecule has 0 aliphatic heterocycles. The second-order valence-electron chi connectivity index (χ2n) is 6.51. The summed E-state index contributed by atoms with van der Waals surface area (Å²) in [6.45, 7) is 6.19. The maximum atomic E-state index is 12.6. The van der Waals surface area contributed by atoms with E-state index in [1.165, 1.54) is 11.8 Å². The number of rotatable bonds is 7. The smallest absolute Gasteiger partial charge is 0.278 e. The van der Waals surface area contributed by atoms with E-state index in [1.54, 1.807) is 11.7 Å². The van der Waals surface area contributed by atoms with Crippen LogP contribution in [0.15, 0.2) is 40.3 Å². The Hall–Kier alpha value is -2.74. The van der Waals surface area contributed by atoms with Crippen molar-refractivity contribution < 1.29 is 9.53 Å². The van der Waals surface area contributed by atoms with Gasteiger partial charge in [-0.1, -0.05) is 23.9 Å². The van der Waals surface area contributed by atoms with Gasteiger partial charge in [-0.05, 0) is 44.5 Å². The summed E-state index contributed by atoms with van der Waals surface area (Å²) in [5.41, 5.74) is 2.85. The summed E-state index contributed by atoms with van der Waals surface area (Å²) in [7, 11) is 1.61. The normalized spacial score (nSPS) is 12.1. The molecule has 1 aromatic carbocycles. The molecule has 0 spiro atoms. The fraction of sp³-hybridized carbons (Fsp3) is 0.350. The Kier molecular flexibility index (Phi) is 6.08. The van der Waals surface area contributed by atoms with E-state index < -0.39 is 0 Å². The van der Waals surface area contributed by atoms with E-state index >= 15 is 0 Å². The van der Waals surface area contributed by atoms with Gasteiger partial charge >= 0.3 is 0 Å². The molecule has 0 saturated heterocycles. The quantitative estimate of drug-likeness (QED) is 0.470. The molecule has 148 valence electrons. The van der Waals surface area contributed by atoms with Gasteiger partial charge in [0.2, 0.25) is 5.91 Å². The maximum Gasteiger partial charge on any atom is 0.278 e. The molecule has 2 aromatic heterocycles. The number of ether oxygens (including phenoxy) is 1. The zero-order valence-electron chi connectivity index (χ0n) is 16.4. The van der Waals surface area contributed by atoms with E-state index in [0.29, 0.717) is 22.7 Å². The van der Waals surface area contributed by atoms with Gasteiger partial charge < -0.3 is 15.0 Å². The summed E-state index contributed by atoms with van der Waals surface area (Å²) in [6.07, 6.45) is 0. The highest BCUT2D eigenvalue weighted by Crippen LogP contribution is 2.21. The van der Waals surface area contributed by atoms with Gasteiger partial charge in [-0.3, -0.25) is 14.2 Å². The van der Waals surface area contributed by atoms with Crippen LogP contribution in [-0.2, 0) is 11.3 Å². The number of aromatic amines is 1. The number of H-pyrrole nitrogens is 1. The summed E-state index contributed by atoms with van der Waals surface area (Å²) in [4.78, 5) is 32.7. The van der Waals surface area contributed by atoms with E-state index in [0.717, 1.165) is 17.0 Å². The highest BCUT2D eigenvalue weighted by atomic mass is 32.2. The van der Waals surface area contributed by atoms with E-state index in [2.05, 4.69) is 15.3 Å². The number of benzene rings is 1. The molecule has 0 bridgehead atoms. The predicted molar refractivity (Wildman–Crippen MR) is 111 cm³/mol. The van der Waals surface area contributed by atoms with E-state index in [1.807, 2.05) is 51.1 Å². The highest BCUT2D eigenvalue weighted by Gasteiger charge is 2.15. The van der Waals surface area contributed by atoms with E-state index in [9.17, 15) is 9.59 Å². The SMILES string of the molecule is CCn1c(SCC(=O)N[C@@H](C)c2cccc(OC)c2)nc2cc(C)[nH]c2c1=O. The van der Waals surface area contributed by atoms with Crippen LogP contribution in [-0.4, -0.2) is 33.3 Å². The maximum absolute atomic E-state index is 12.6. The highest BCUT2D eigenvalue weighted by molar-refractivity contribution is 7.99. The van der Waals surface area contributed by atoms with Crippen LogP contribution in [0.5, 0.6) is 5.75 Å². The van der Waals surface area contributed by atoms with Gasteiger partial charge in [-0.15, -0.1) is 0 Å². The molecule has 0 saturated carbocycles. The molecular formula is C20H24N4O3S. The first-order valence-electron chi connectivity index (χ1n) is 9.09. The third-order valence-corrected chi connectivity index (χ3v) is 5.43. The van der Waals surface area contributed by atoms with Gasteiger partial charge in [0, 0.05) is 12.2 Å². The van der Waals surface area contributed by atoms with Crippen molar-refractivity contribution in [1.82, 2.24) is 19.9 Å². The van der Waals surface area contributed by atoms with E-state index in [-0.39, 0.29) is 23.3 Å². The lowest BCUT2D eigenvalue weighted by atomic mass is 10.1. The van der Waals surface area contributed by atoms with Crippen LogP contribution in [0.4, 0.5) is 0 Å². The summed E-state index contributed by atoms with van der Waals surface area (Å²) >= 11 is 1.26. The lowest BCUT2D eigenvalue weighted by Gasteiger charge is -2.15. The average Bonchev–Trinajstić information content (AvgIpc) is 3.07. The first-order chi connectivity index (χ1) is 13.4. The molecule has 0 aliphatic carbocycles. The Morgan fingerprint density at radius 1 is 1.39 bits per heavy atom. The molecule has 0 unspecified atom stereocenters. The third kappa shape index (κ3) is 4.22. The number of carbonyl (C=O) groups is 1. The number of nitrogens with zero attached hydrogens (tertiary/aromatic N) is 2. The van der Waals surface area contributed by atoms with Crippen LogP contribution < -0.4 is 15.6 Å². The molecule has 3 rings (SSSR count). The monoisotopic (exact) mass is 400 g/mol.